The smallest absolute Gasteiger partial charge is 0.339 e. The highest BCUT2D eigenvalue weighted by molar-refractivity contribution is 5.88. The first-order valence-electron chi connectivity index (χ1n) is 6.00. The molecule has 5 heteroatoms. The zero-order chi connectivity index (χ0) is 13.7. The number of methoxy groups -OCH3 is 1. The van der Waals surface area contributed by atoms with Crippen LogP contribution >= 0.6 is 0 Å². The molecule has 0 aliphatic rings. The van der Waals surface area contributed by atoms with E-state index in [-0.39, 0.29) is 11.6 Å². The Morgan fingerprint density at radius 2 is 2.22 bits per heavy atom. The van der Waals surface area contributed by atoms with Crippen LogP contribution < -0.4 is 5.32 Å². The maximum absolute atomic E-state index is 10.9. The molecule has 0 aliphatic carbocycles. The summed E-state index contributed by atoms with van der Waals surface area (Å²) in [7, 11) is 1.66. The third kappa shape index (κ3) is 3.85. The molecule has 18 heavy (non-hydrogen) atoms. The van der Waals surface area contributed by atoms with E-state index in [1.54, 1.807) is 20.1 Å². The molecule has 0 aromatic carbocycles. The normalized spacial score (nSPS) is 12.9. The van der Waals surface area contributed by atoms with E-state index in [0.717, 1.165) is 0 Å². The van der Waals surface area contributed by atoms with Crippen molar-refractivity contribution in [1.82, 2.24) is 5.32 Å². The average Bonchev–Trinajstić information content (AvgIpc) is 2.65. The van der Waals surface area contributed by atoms with Gasteiger partial charge in [0.1, 0.15) is 17.1 Å². The van der Waals surface area contributed by atoms with Gasteiger partial charge in [-0.2, -0.15) is 0 Å². The lowest BCUT2D eigenvalue weighted by Crippen LogP contribution is -2.37. The Kier molecular flexibility index (Phi) is 5.37. The van der Waals surface area contributed by atoms with E-state index < -0.39 is 5.97 Å². The van der Waals surface area contributed by atoms with Crippen LogP contribution in [-0.2, 0) is 11.3 Å². The monoisotopic (exact) mass is 255 g/mol. The van der Waals surface area contributed by atoms with Crippen molar-refractivity contribution < 1.29 is 19.1 Å². The molecule has 0 amide bonds. The summed E-state index contributed by atoms with van der Waals surface area (Å²) in [6.07, 6.45) is 0. The minimum absolute atomic E-state index is 0.216. The molecule has 1 aromatic heterocycles. The van der Waals surface area contributed by atoms with E-state index in [1.165, 1.54) is 0 Å². The highest BCUT2D eigenvalue weighted by Crippen LogP contribution is 2.15. The fourth-order valence-corrected chi connectivity index (χ4v) is 1.74. The van der Waals surface area contributed by atoms with Gasteiger partial charge in [0.25, 0.3) is 0 Å². The molecule has 0 saturated heterocycles. The maximum atomic E-state index is 10.9. The lowest BCUT2D eigenvalue weighted by atomic mass is 10.1. The molecule has 0 radical (unpaired) electrons. The van der Waals surface area contributed by atoms with Gasteiger partial charge in [0.05, 0.1) is 13.2 Å². The van der Waals surface area contributed by atoms with Gasteiger partial charge in [0, 0.05) is 13.2 Å². The fraction of sp³-hybridized carbons (Fsp3) is 0.615. The van der Waals surface area contributed by atoms with Gasteiger partial charge in [-0.1, -0.05) is 13.8 Å². The van der Waals surface area contributed by atoms with Gasteiger partial charge >= 0.3 is 5.97 Å². The molecular formula is C13H21NO4. The number of carbonyl (C=O) groups is 1. The summed E-state index contributed by atoms with van der Waals surface area (Å²) in [5.74, 6) is 0.540. The molecule has 0 spiro atoms. The molecule has 1 heterocycles. The van der Waals surface area contributed by atoms with E-state index in [9.17, 15) is 4.79 Å². The highest BCUT2D eigenvalue weighted by Gasteiger charge is 2.16. The van der Waals surface area contributed by atoms with E-state index in [2.05, 4.69) is 19.2 Å². The van der Waals surface area contributed by atoms with Crippen molar-refractivity contribution in [3.8, 4) is 0 Å². The molecule has 0 aliphatic heterocycles. The summed E-state index contributed by atoms with van der Waals surface area (Å²) in [4.78, 5) is 10.9. The number of hydrogen-bond donors (Lipinski definition) is 2. The summed E-state index contributed by atoms with van der Waals surface area (Å²) in [5.41, 5.74) is 0.222. The van der Waals surface area contributed by atoms with Crippen LogP contribution in [0.4, 0.5) is 0 Å². The standard InChI is InChI=1S/C13H21NO4/c1-8(2)12(7-17-4)14-6-10-5-11(13(15)16)9(3)18-10/h5,8,12,14H,6-7H2,1-4H3,(H,15,16). The van der Waals surface area contributed by atoms with Gasteiger partial charge in [0.15, 0.2) is 0 Å². The Balaban J connectivity index is 2.62. The number of furan rings is 1. The largest absolute Gasteiger partial charge is 0.478 e. The maximum Gasteiger partial charge on any atom is 0.339 e. The number of carboxylic acid groups (broad SMARTS) is 1. The summed E-state index contributed by atoms with van der Waals surface area (Å²) < 4.78 is 10.5. The minimum Gasteiger partial charge on any atom is -0.478 e. The zero-order valence-corrected chi connectivity index (χ0v) is 11.3. The van der Waals surface area contributed by atoms with Crippen LogP contribution in [0, 0.1) is 12.8 Å². The van der Waals surface area contributed by atoms with Crippen LogP contribution in [0.2, 0.25) is 0 Å². The number of hydrogen-bond acceptors (Lipinski definition) is 4. The number of nitrogens with one attached hydrogen (secondary N) is 1. The van der Waals surface area contributed by atoms with Crippen molar-refractivity contribution in [1.29, 1.82) is 0 Å². The summed E-state index contributed by atoms with van der Waals surface area (Å²) >= 11 is 0. The minimum atomic E-state index is -0.959. The molecule has 0 saturated carbocycles. The predicted octanol–water partition coefficient (Wildman–Crippen LogP) is 2.05. The van der Waals surface area contributed by atoms with E-state index in [4.69, 9.17) is 14.3 Å². The first kappa shape index (κ1) is 14.7. The SMILES string of the molecule is COCC(NCc1cc(C(=O)O)c(C)o1)C(C)C. The van der Waals surface area contributed by atoms with Crippen LogP contribution in [-0.4, -0.2) is 30.8 Å². The third-order valence-corrected chi connectivity index (χ3v) is 2.89. The van der Waals surface area contributed by atoms with Crippen molar-refractivity contribution >= 4 is 5.97 Å². The molecule has 102 valence electrons. The zero-order valence-electron chi connectivity index (χ0n) is 11.3. The first-order valence-corrected chi connectivity index (χ1v) is 6.00. The number of aromatic carboxylic acids is 1. The lowest BCUT2D eigenvalue weighted by Gasteiger charge is -2.20. The van der Waals surface area contributed by atoms with Crippen molar-refractivity contribution in [2.45, 2.75) is 33.4 Å². The van der Waals surface area contributed by atoms with Crippen LogP contribution in [0.3, 0.4) is 0 Å². The molecule has 5 nitrogen and oxygen atoms in total. The molecular weight excluding hydrogens is 234 g/mol. The highest BCUT2D eigenvalue weighted by atomic mass is 16.5. The molecule has 1 unspecified atom stereocenters. The second-order valence-electron chi connectivity index (χ2n) is 4.67. The van der Waals surface area contributed by atoms with E-state index >= 15 is 0 Å². The van der Waals surface area contributed by atoms with Gasteiger partial charge in [-0.05, 0) is 18.9 Å². The summed E-state index contributed by atoms with van der Waals surface area (Å²) in [6.45, 7) is 6.98. The number of rotatable bonds is 7. The van der Waals surface area contributed by atoms with Crippen molar-refractivity contribution in [3.05, 3.63) is 23.2 Å². The quantitative estimate of drug-likeness (QED) is 0.780. The third-order valence-electron chi connectivity index (χ3n) is 2.89. The number of aryl methyl sites for hydroxylation is 1. The van der Waals surface area contributed by atoms with Crippen LogP contribution in [0.25, 0.3) is 0 Å². The molecule has 0 fully saturated rings. The molecule has 1 aromatic rings. The van der Waals surface area contributed by atoms with E-state index in [0.29, 0.717) is 30.6 Å². The fourth-order valence-electron chi connectivity index (χ4n) is 1.74. The van der Waals surface area contributed by atoms with Crippen LogP contribution in [0.1, 0.15) is 35.7 Å². The Bertz CT molecular complexity index is 398. The van der Waals surface area contributed by atoms with Crippen molar-refractivity contribution in [2.24, 2.45) is 5.92 Å². The van der Waals surface area contributed by atoms with E-state index in [1.807, 2.05) is 0 Å². The van der Waals surface area contributed by atoms with Crippen LogP contribution in [0.5, 0.6) is 0 Å². The van der Waals surface area contributed by atoms with Crippen molar-refractivity contribution in [3.63, 3.8) is 0 Å². The Morgan fingerprint density at radius 1 is 1.56 bits per heavy atom. The number of carboxylic acids is 1. The van der Waals surface area contributed by atoms with Gasteiger partial charge in [0.2, 0.25) is 0 Å². The average molecular weight is 255 g/mol. The second kappa shape index (κ2) is 6.56. The molecule has 2 N–H and O–H groups in total. The van der Waals surface area contributed by atoms with Crippen molar-refractivity contribution in [2.75, 3.05) is 13.7 Å². The summed E-state index contributed by atoms with van der Waals surface area (Å²) in [6, 6.07) is 1.78. The number of ether oxygens (including phenoxy) is 1. The molecule has 0 bridgehead atoms. The Labute approximate surface area is 107 Å². The van der Waals surface area contributed by atoms with Gasteiger partial charge in [-0.25, -0.2) is 4.79 Å². The first-order chi connectivity index (χ1) is 8.45. The van der Waals surface area contributed by atoms with Gasteiger partial charge in [-0.15, -0.1) is 0 Å². The molecule has 1 rings (SSSR count). The Hall–Kier alpha value is -1.33. The van der Waals surface area contributed by atoms with Gasteiger partial charge in [-0.3, -0.25) is 0 Å². The lowest BCUT2D eigenvalue weighted by molar-refractivity contribution is 0.0695. The Morgan fingerprint density at radius 3 is 2.67 bits per heavy atom. The second-order valence-corrected chi connectivity index (χ2v) is 4.67. The van der Waals surface area contributed by atoms with Gasteiger partial charge < -0.3 is 19.6 Å². The predicted molar refractivity (Wildman–Crippen MR) is 67.7 cm³/mol. The summed E-state index contributed by atoms with van der Waals surface area (Å²) in [5, 5.41) is 12.2. The molecule has 1 atom stereocenters. The van der Waals surface area contributed by atoms with Crippen LogP contribution in [0.15, 0.2) is 10.5 Å². The topological polar surface area (TPSA) is 71.7 Å².